The third kappa shape index (κ3) is 5.04. The SMILES string of the molecule is O=C(NN=Cc1ccc(Oc2ccc(C(F)(F)F)cc2[N+](=O)[O-])cc1)c1cc2ccccc2o1. The van der Waals surface area contributed by atoms with Gasteiger partial charge in [-0.25, -0.2) is 5.43 Å². The van der Waals surface area contributed by atoms with E-state index in [4.69, 9.17) is 9.15 Å². The first-order chi connectivity index (χ1) is 16.2. The summed E-state index contributed by atoms with van der Waals surface area (Å²) in [6, 6.07) is 16.7. The van der Waals surface area contributed by atoms with Gasteiger partial charge in [-0.15, -0.1) is 0 Å². The molecule has 0 spiro atoms. The topological polar surface area (TPSA) is 107 Å². The van der Waals surface area contributed by atoms with Crippen LogP contribution in [-0.2, 0) is 6.18 Å². The summed E-state index contributed by atoms with van der Waals surface area (Å²) < 4.78 is 49.3. The first kappa shape index (κ1) is 22.5. The molecule has 34 heavy (non-hydrogen) atoms. The molecule has 0 aliphatic rings. The molecule has 1 N–H and O–H groups in total. The molecule has 1 aromatic heterocycles. The van der Waals surface area contributed by atoms with Gasteiger partial charge in [0.2, 0.25) is 5.75 Å². The third-order valence-corrected chi connectivity index (χ3v) is 4.62. The Kier molecular flexibility index (Phi) is 6.00. The van der Waals surface area contributed by atoms with Crippen LogP contribution >= 0.6 is 0 Å². The van der Waals surface area contributed by atoms with Crippen molar-refractivity contribution in [3.05, 3.63) is 99.8 Å². The van der Waals surface area contributed by atoms with E-state index >= 15 is 0 Å². The molecule has 0 aliphatic heterocycles. The Morgan fingerprint density at radius 1 is 1.06 bits per heavy atom. The van der Waals surface area contributed by atoms with Crippen LogP contribution in [-0.4, -0.2) is 17.0 Å². The van der Waals surface area contributed by atoms with Crippen molar-refractivity contribution in [3.63, 3.8) is 0 Å². The van der Waals surface area contributed by atoms with Gasteiger partial charge >= 0.3 is 17.8 Å². The van der Waals surface area contributed by atoms with Crippen molar-refractivity contribution in [2.75, 3.05) is 0 Å². The van der Waals surface area contributed by atoms with Crippen LogP contribution in [0.15, 0.2) is 82.3 Å². The van der Waals surface area contributed by atoms with Gasteiger partial charge in [-0.3, -0.25) is 14.9 Å². The summed E-state index contributed by atoms with van der Waals surface area (Å²) in [4.78, 5) is 22.4. The zero-order chi connectivity index (χ0) is 24.3. The first-order valence-electron chi connectivity index (χ1n) is 9.66. The molecule has 0 atom stereocenters. The van der Waals surface area contributed by atoms with Gasteiger partial charge in [0.1, 0.15) is 11.3 Å². The van der Waals surface area contributed by atoms with Gasteiger partial charge in [-0.1, -0.05) is 18.2 Å². The number of fused-ring (bicyclic) bond motifs is 1. The van der Waals surface area contributed by atoms with E-state index in [0.29, 0.717) is 23.3 Å². The number of benzene rings is 3. The Labute approximate surface area is 189 Å². The van der Waals surface area contributed by atoms with E-state index in [2.05, 4.69) is 10.5 Å². The second-order valence-electron chi connectivity index (χ2n) is 6.96. The van der Waals surface area contributed by atoms with Gasteiger partial charge < -0.3 is 9.15 Å². The molecule has 0 saturated heterocycles. The van der Waals surface area contributed by atoms with Gasteiger partial charge in [-0.05, 0) is 54.1 Å². The minimum Gasteiger partial charge on any atom is -0.451 e. The molecule has 3 aromatic carbocycles. The number of nitro groups is 1. The van der Waals surface area contributed by atoms with E-state index in [1.54, 1.807) is 30.3 Å². The number of hydrogen-bond acceptors (Lipinski definition) is 6. The highest BCUT2D eigenvalue weighted by Crippen LogP contribution is 2.37. The van der Waals surface area contributed by atoms with Gasteiger partial charge in [0.25, 0.3) is 0 Å². The van der Waals surface area contributed by atoms with Crippen LogP contribution < -0.4 is 10.2 Å². The predicted molar refractivity (Wildman–Crippen MR) is 116 cm³/mol. The van der Waals surface area contributed by atoms with E-state index in [1.807, 2.05) is 12.1 Å². The lowest BCUT2D eigenvalue weighted by atomic mass is 10.2. The summed E-state index contributed by atoms with van der Waals surface area (Å²) >= 11 is 0. The molecule has 0 fully saturated rings. The summed E-state index contributed by atoms with van der Waals surface area (Å²) in [5, 5.41) is 15.8. The second-order valence-corrected chi connectivity index (χ2v) is 6.96. The summed E-state index contributed by atoms with van der Waals surface area (Å²) in [6.45, 7) is 0. The maximum atomic E-state index is 12.8. The number of hydrogen-bond donors (Lipinski definition) is 1. The lowest BCUT2D eigenvalue weighted by molar-refractivity contribution is -0.385. The molecule has 172 valence electrons. The highest BCUT2D eigenvalue weighted by Gasteiger charge is 2.33. The van der Waals surface area contributed by atoms with Gasteiger partial charge in [-0.2, -0.15) is 18.3 Å². The highest BCUT2D eigenvalue weighted by molar-refractivity contribution is 5.96. The monoisotopic (exact) mass is 469 g/mol. The minimum absolute atomic E-state index is 0.0974. The average molecular weight is 469 g/mol. The van der Waals surface area contributed by atoms with Crippen LogP contribution in [0.25, 0.3) is 11.0 Å². The molecule has 0 radical (unpaired) electrons. The van der Waals surface area contributed by atoms with Crippen molar-refractivity contribution in [1.82, 2.24) is 5.43 Å². The van der Waals surface area contributed by atoms with Crippen molar-refractivity contribution >= 4 is 28.8 Å². The summed E-state index contributed by atoms with van der Waals surface area (Å²) in [5.74, 6) is -0.619. The van der Waals surface area contributed by atoms with Crippen molar-refractivity contribution in [1.29, 1.82) is 0 Å². The van der Waals surface area contributed by atoms with Crippen LogP contribution in [0, 0.1) is 10.1 Å². The Bertz CT molecular complexity index is 1360. The maximum absolute atomic E-state index is 12.8. The number of hydrazone groups is 1. The van der Waals surface area contributed by atoms with Crippen LogP contribution in [0.1, 0.15) is 21.7 Å². The number of nitrogens with one attached hydrogen (secondary N) is 1. The zero-order valence-electron chi connectivity index (χ0n) is 17.1. The number of nitrogens with zero attached hydrogens (tertiary/aromatic N) is 2. The number of halogens is 3. The molecule has 1 amide bonds. The molecule has 0 aliphatic carbocycles. The fourth-order valence-corrected chi connectivity index (χ4v) is 2.99. The van der Waals surface area contributed by atoms with E-state index in [-0.39, 0.29) is 17.3 Å². The molecule has 4 aromatic rings. The predicted octanol–water partition coefficient (Wildman–Crippen LogP) is 5.92. The van der Waals surface area contributed by atoms with E-state index in [1.165, 1.54) is 18.3 Å². The number of amides is 1. The van der Waals surface area contributed by atoms with Crippen molar-refractivity contribution in [2.24, 2.45) is 5.10 Å². The third-order valence-electron chi connectivity index (χ3n) is 4.62. The lowest BCUT2D eigenvalue weighted by Crippen LogP contribution is -2.16. The summed E-state index contributed by atoms with van der Waals surface area (Å²) in [7, 11) is 0. The molecule has 1 heterocycles. The zero-order valence-corrected chi connectivity index (χ0v) is 17.1. The molecular formula is C23H14F3N3O5. The molecular weight excluding hydrogens is 455 g/mol. The van der Waals surface area contributed by atoms with E-state index < -0.39 is 28.3 Å². The number of nitro benzene ring substituents is 1. The largest absolute Gasteiger partial charge is 0.451 e. The molecule has 11 heteroatoms. The Hall–Kier alpha value is -4.67. The smallest absolute Gasteiger partial charge is 0.416 e. The lowest BCUT2D eigenvalue weighted by Gasteiger charge is -2.10. The summed E-state index contributed by atoms with van der Waals surface area (Å²) in [5.41, 5.74) is 1.50. The Balaban J connectivity index is 1.41. The average Bonchev–Trinajstić information content (AvgIpc) is 3.24. The summed E-state index contributed by atoms with van der Waals surface area (Å²) in [6.07, 6.45) is -3.37. The van der Waals surface area contributed by atoms with Crippen molar-refractivity contribution in [2.45, 2.75) is 6.18 Å². The fraction of sp³-hybridized carbons (Fsp3) is 0.0435. The molecule has 0 unspecified atom stereocenters. The van der Waals surface area contributed by atoms with Crippen LogP contribution in [0.2, 0.25) is 0 Å². The number of rotatable bonds is 6. The quantitative estimate of drug-likeness (QED) is 0.214. The van der Waals surface area contributed by atoms with E-state index in [0.717, 1.165) is 11.5 Å². The van der Waals surface area contributed by atoms with Crippen LogP contribution in [0.3, 0.4) is 0 Å². The van der Waals surface area contributed by atoms with Crippen molar-refractivity contribution in [3.8, 4) is 11.5 Å². The molecule has 8 nitrogen and oxygen atoms in total. The highest BCUT2D eigenvalue weighted by atomic mass is 19.4. The standard InChI is InChI=1S/C23H14F3N3O5/c24-23(25,26)16-7-10-20(18(12-16)29(31)32)33-17-8-5-14(6-9-17)13-27-28-22(30)21-11-15-3-1-2-4-19(15)34-21/h1-13H,(H,28,30). The maximum Gasteiger partial charge on any atom is 0.416 e. The number of alkyl halides is 3. The number of furan rings is 1. The Morgan fingerprint density at radius 2 is 1.79 bits per heavy atom. The molecule has 0 saturated carbocycles. The van der Waals surface area contributed by atoms with Gasteiger partial charge in [0, 0.05) is 11.5 Å². The van der Waals surface area contributed by atoms with Crippen molar-refractivity contribution < 1.29 is 32.0 Å². The van der Waals surface area contributed by atoms with Gasteiger partial charge in [0.15, 0.2) is 5.76 Å². The first-order valence-corrected chi connectivity index (χ1v) is 9.66. The number of ether oxygens (including phenoxy) is 1. The molecule has 4 rings (SSSR count). The minimum atomic E-state index is -4.72. The van der Waals surface area contributed by atoms with Crippen LogP contribution in [0.5, 0.6) is 11.5 Å². The fourth-order valence-electron chi connectivity index (χ4n) is 2.99. The number of carbonyl (C=O) groups excluding carboxylic acids is 1. The Morgan fingerprint density at radius 3 is 2.47 bits per heavy atom. The van der Waals surface area contributed by atoms with E-state index in [9.17, 15) is 28.1 Å². The normalized spacial score (nSPS) is 11.6. The van der Waals surface area contributed by atoms with Gasteiger partial charge in [0.05, 0.1) is 16.7 Å². The molecule has 0 bridgehead atoms. The second kappa shape index (κ2) is 9.06. The van der Waals surface area contributed by atoms with Crippen LogP contribution in [0.4, 0.5) is 18.9 Å². The number of carbonyl (C=O) groups is 1. The number of para-hydroxylation sites is 1.